The summed E-state index contributed by atoms with van der Waals surface area (Å²) in [6.45, 7) is 0. The number of ketones is 1. The Morgan fingerprint density at radius 3 is 2.77 bits per heavy atom. The fraction of sp³-hybridized carbons (Fsp3) is 0.462. The molecule has 1 aromatic rings. The molecule has 2 aliphatic carbocycles. The van der Waals surface area contributed by atoms with E-state index in [0.717, 1.165) is 38.5 Å². The van der Waals surface area contributed by atoms with E-state index in [-0.39, 0.29) is 23.5 Å². The summed E-state index contributed by atoms with van der Waals surface area (Å²) in [4.78, 5) is 23.9. The summed E-state index contributed by atoms with van der Waals surface area (Å²) < 4.78 is 0. The van der Waals surface area contributed by atoms with Crippen LogP contribution in [0.4, 0.5) is 0 Å². The van der Waals surface area contributed by atoms with Gasteiger partial charge in [-0.15, -0.1) is 0 Å². The highest BCUT2D eigenvalue weighted by molar-refractivity contribution is 5.95. The molecular formula is C26H33NO3. The maximum absolute atomic E-state index is 12.2. The number of rotatable bonds is 12. The first kappa shape index (κ1) is 22.2. The largest absolute Gasteiger partial charge is 0.389 e. The van der Waals surface area contributed by atoms with E-state index in [1.807, 2.05) is 30.4 Å². The molecule has 0 saturated heterocycles. The number of amides is 1. The normalized spacial score (nSPS) is 22.2. The number of unbranched alkanes of at least 4 members (excludes halogenated alkanes) is 1. The minimum absolute atomic E-state index is 0.108. The molecule has 160 valence electrons. The van der Waals surface area contributed by atoms with Gasteiger partial charge in [-0.1, -0.05) is 60.7 Å². The van der Waals surface area contributed by atoms with Gasteiger partial charge in [-0.25, -0.2) is 0 Å². The summed E-state index contributed by atoms with van der Waals surface area (Å²) in [5.41, 5.74) is 1.21. The Labute approximate surface area is 179 Å². The quantitative estimate of drug-likeness (QED) is 0.401. The zero-order valence-corrected chi connectivity index (χ0v) is 17.6. The molecular weight excluding hydrogens is 374 g/mol. The van der Waals surface area contributed by atoms with Crippen molar-refractivity contribution in [2.45, 2.75) is 63.5 Å². The fourth-order valence-corrected chi connectivity index (χ4v) is 3.71. The number of allylic oxidation sites excluding steroid dienone is 5. The third-order valence-electron chi connectivity index (χ3n) is 5.70. The molecule has 30 heavy (non-hydrogen) atoms. The molecule has 1 aromatic carbocycles. The van der Waals surface area contributed by atoms with Crippen LogP contribution in [-0.4, -0.2) is 28.9 Å². The van der Waals surface area contributed by atoms with Gasteiger partial charge in [0.1, 0.15) is 0 Å². The molecule has 3 rings (SSSR count). The van der Waals surface area contributed by atoms with Crippen molar-refractivity contribution in [3.05, 3.63) is 72.4 Å². The topological polar surface area (TPSA) is 66.4 Å². The third kappa shape index (κ3) is 7.75. The molecule has 0 bridgehead atoms. The lowest BCUT2D eigenvalue weighted by Crippen LogP contribution is -2.24. The summed E-state index contributed by atoms with van der Waals surface area (Å²) >= 11 is 0. The zero-order chi connectivity index (χ0) is 21.2. The van der Waals surface area contributed by atoms with Crippen LogP contribution in [0, 0.1) is 11.8 Å². The van der Waals surface area contributed by atoms with E-state index in [1.165, 1.54) is 5.56 Å². The van der Waals surface area contributed by atoms with Gasteiger partial charge in [-0.3, -0.25) is 9.59 Å². The molecule has 0 radical (unpaired) electrons. The van der Waals surface area contributed by atoms with Gasteiger partial charge in [-0.05, 0) is 62.5 Å². The SMILES string of the molecule is O=C(CCC/C=C\CC1C=CC(=O)[C@@H]1/C=C/[C@@H](O)CCc1ccccc1)NC1CC1. The van der Waals surface area contributed by atoms with E-state index in [0.29, 0.717) is 18.9 Å². The Morgan fingerprint density at radius 1 is 1.20 bits per heavy atom. The van der Waals surface area contributed by atoms with Crippen LogP contribution in [0.2, 0.25) is 0 Å². The molecule has 1 fully saturated rings. The van der Waals surface area contributed by atoms with Crippen LogP contribution in [0.1, 0.15) is 50.5 Å². The van der Waals surface area contributed by atoms with E-state index in [2.05, 4.69) is 29.6 Å². The number of aliphatic hydroxyl groups excluding tert-OH is 1. The monoisotopic (exact) mass is 407 g/mol. The number of nitrogens with one attached hydrogen (secondary N) is 1. The Bertz CT molecular complexity index is 777. The number of aryl methyl sites for hydroxylation is 1. The lowest BCUT2D eigenvalue weighted by molar-refractivity contribution is -0.121. The maximum Gasteiger partial charge on any atom is 0.220 e. The number of hydrogen-bond acceptors (Lipinski definition) is 3. The number of carbonyl (C=O) groups excluding carboxylic acids is 2. The predicted molar refractivity (Wildman–Crippen MR) is 120 cm³/mol. The molecule has 1 amide bonds. The van der Waals surface area contributed by atoms with Gasteiger partial charge in [0.05, 0.1) is 6.10 Å². The van der Waals surface area contributed by atoms with Gasteiger partial charge in [0.25, 0.3) is 0 Å². The van der Waals surface area contributed by atoms with Crippen LogP contribution in [0.3, 0.4) is 0 Å². The summed E-state index contributed by atoms with van der Waals surface area (Å²) in [5, 5.41) is 13.3. The zero-order valence-electron chi connectivity index (χ0n) is 17.6. The second-order valence-corrected chi connectivity index (χ2v) is 8.37. The van der Waals surface area contributed by atoms with E-state index in [9.17, 15) is 14.7 Å². The number of hydrogen-bond donors (Lipinski definition) is 2. The van der Waals surface area contributed by atoms with E-state index in [1.54, 1.807) is 12.2 Å². The van der Waals surface area contributed by atoms with E-state index < -0.39 is 6.10 Å². The van der Waals surface area contributed by atoms with Crippen molar-refractivity contribution in [2.24, 2.45) is 11.8 Å². The van der Waals surface area contributed by atoms with Crippen LogP contribution in [0.15, 0.2) is 66.8 Å². The minimum atomic E-state index is -0.545. The molecule has 0 aromatic heterocycles. The second-order valence-electron chi connectivity index (χ2n) is 8.37. The van der Waals surface area contributed by atoms with Gasteiger partial charge >= 0.3 is 0 Å². The van der Waals surface area contributed by atoms with Crippen LogP contribution >= 0.6 is 0 Å². The van der Waals surface area contributed by atoms with Crippen LogP contribution < -0.4 is 5.32 Å². The van der Waals surface area contributed by atoms with Gasteiger partial charge < -0.3 is 10.4 Å². The Morgan fingerprint density at radius 2 is 2.00 bits per heavy atom. The average molecular weight is 408 g/mol. The Hall–Kier alpha value is -2.46. The van der Waals surface area contributed by atoms with Crippen molar-refractivity contribution in [1.82, 2.24) is 5.32 Å². The van der Waals surface area contributed by atoms with Gasteiger partial charge in [-0.2, -0.15) is 0 Å². The Balaban J connectivity index is 1.35. The fourth-order valence-electron chi connectivity index (χ4n) is 3.71. The lowest BCUT2D eigenvalue weighted by Gasteiger charge is -2.13. The highest BCUT2D eigenvalue weighted by Gasteiger charge is 2.27. The van der Waals surface area contributed by atoms with Gasteiger partial charge in [0.15, 0.2) is 5.78 Å². The van der Waals surface area contributed by atoms with Crippen molar-refractivity contribution >= 4 is 11.7 Å². The van der Waals surface area contributed by atoms with E-state index >= 15 is 0 Å². The first-order chi connectivity index (χ1) is 14.6. The molecule has 1 saturated carbocycles. The molecule has 0 aliphatic heterocycles. The minimum Gasteiger partial charge on any atom is -0.389 e. The molecule has 0 spiro atoms. The van der Waals surface area contributed by atoms with Crippen molar-refractivity contribution in [1.29, 1.82) is 0 Å². The summed E-state index contributed by atoms with van der Waals surface area (Å²) in [5.74, 6) is 0.220. The molecule has 2 aliphatic rings. The van der Waals surface area contributed by atoms with Crippen molar-refractivity contribution in [3.8, 4) is 0 Å². The van der Waals surface area contributed by atoms with Crippen LogP contribution in [0.25, 0.3) is 0 Å². The summed E-state index contributed by atoms with van der Waals surface area (Å²) in [6.07, 6.45) is 17.8. The van der Waals surface area contributed by atoms with Crippen molar-refractivity contribution < 1.29 is 14.7 Å². The average Bonchev–Trinajstić information content (AvgIpc) is 3.49. The number of carbonyl (C=O) groups is 2. The van der Waals surface area contributed by atoms with Crippen molar-refractivity contribution in [2.75, 3.05) is 0 Å². The smallest absolute Gasteiger partial charge is 0.220 e. The first-order valence-electron chi connectivity index (χ1n) is 11.2. The van der Waals surface area contributed by atoms with Crippen LogP contribution in [-0.2, 0) is 16.0 Å². The molecule has 2 N–H and O–H groups in total. The lowest BCUT2D eigenvalue weighted by atomic mass is 9.90. The third-order valence-corrected chi connectivity index (χ3v) is 5.70. The second kappa shape index (κ2) is 11.7. The molecule has 4 nitrogen and oxygen atoms in total. The standard InChI is InChI=1S/C26H33NO3/c28-23(16-12-20-8-4-3-5-9-20)17-18-24-21(13-19-25(24)29)10-6-1-2-7-11-26(30)27-22-14-15-22/h1,3-6,8-9,13,17-19,21-24,28H,2,7,10-12,14-16H2,(H,27,30)/b6-1-,18-17+/t21?,23-,24+/m0/s1. The summed E-state index contributed by atoms with van der Waals surface area (Å²) in [6, 6.07) is 10.5. The molecule has 0 heterocycles. The number of benzene rings is 1. The molecule has 4 heteroatoms. The molecule has 1 unspecified atom stereocenters. The summed E-state index contributed by atoms with van der Waals surface area (Å²) in [7, 11) is 0. The van der Waals surface area contributed by atoms with E-state index in [4.69, 9.17) is 0 Å². The van der Waals surface area contributed by atoms with Gasteiger partial charge in [0.2, 0.25) is 5.91 Å². The predicted octanol–water partition coefficient (Wildman–Crippen LogP) is 4.30. The van der Waals surface area contributed by atoms with Gasteiger partial charge in [0, 0.05) is 18.4 Å². The molecule has 3 atom stereocenters. The number of aliphatic hydroxyl groups is 1. The highest BCUT2D eigenvalue weighted by Crippen LogP contribution is 2.27. The first-order valence-corrected chi connectivity index (χ1v) is 11.2. The maximum atomic E-state index is 12.2. The Kier molecular flexibility index (Phi) is 8.64. The van der Waals surface area contributed by atoms with Crippen LogP contribution in [0.5, 0.6) is 0 Å². The van der Waals surface area contributed by atoms with Crippen molar-refractivity contribution in [3.63, 3.8) is 0 Å². The highest BCUT2D eigenvalue weighted by atomic mass is 16.3.